The highest BCUT2D eigenvalue weighted by Gasteiger charge is 2.26. The van der Waals surface area contributed by atoms with E-state index in [1.807, 2.05) is 0 Å². The zero-order valence-electron chi connectivity index (χ0n) is 6.90. The van der Waals surface area contributed by atoms with Crippen LogP contribution in [0.25, 0.3) is 0 Å². The molecule has 1 aliphatic rings. The summed E-state index contributed by atoms with van der Waals surface area (Å²) in [7, 11) is 0. The van der Waals surface area contributed by atoms with Gasteiger partial charge in [-0.3, -0.25) is 0 Å². The van der Waals surface area contributed by atoms with E-state index in [0.29, 0.717) is 10.8 Å². The first-order valence-electron chi connectivity index (χ1n) is 4.04. The summed E-state index contributed by atoms with van der Waals surface area (Å²) in [4.78, 5) is 0. The van der Waals surface area contributed by atoms with Crippen LogP contribution in [-0.4, -0.2) is 17.8 Å². The van der Waals surface area contributed by atoms with Gasteiger partial charge in [0.25, 0.3) is 0 Å². The van der Waals surface area contributed by atoms with E-state index in [4.69, 9.17) is 22.1 Å². The summed E-state index contributed by atoms with van der Waals surface area (Å²) in [6, 6.07) is 4.86. The van der Waals surface area contributed by atoms with Gasteiger partial charge in [-0.1, -0.05) is 17.7 Å². The third kappa shape index (κ3) is 1.50. The molecule has 0 spiro atoms. The Kier molecular flexibility index (Phi) is 2.15. The number of ether oxygens (including phenoxy) is 1. The second-order valence-corrected chi connectivity index (χ2v) is 3.52. The zero-order valence-corrected chi connectivity index (χ0v) is 7.66. The minimum absolute atomic E-state index is 0.231. The Morgan fingerprint density at radius 1 is 1.54 bits per heavy atom. The lowest BCUT2D eigenvalue weighted by Crippen LogP contribution is -2.35. The highest BCUT2D eigenvalue weighted by molar-refractivity contribution is 6.30. The molecule has 0 unspecified atom stereocenters. The van der Waals surface area contributed by atoms with Crippen LogP contribution in [0.3, 0.4) is 0 Å². The van der Waals surface area contributed by atoms with Crippen molar-refractivity contribution in [3.8, 4) is 5.75 Å². The quantitative estimate of drug-likeness (QED) is 0.658. The molecule has 0 aliphatic carbocycles. The molecule has 1 aromatic rings. The fourth-order valence-electron chi connectivity index (χ4n) is 1.39. The number of benzene rings is 1. The van der Waals surface area contributed by atoms with Gasteiger partial charge < -0.3 is 15.6 Å². The molecular formula is C9H10ClNO2. The molecule has 0 bridgehead atoms. The lowest BCUT2D eigenvalue weighted by atomic mass is 9.99. The van der Waals surface area contributed by atoms with Crippen LogP contribution in [0.15, 0.2) is 18.2 Å². The summed E-state index contributed by atoms with van der Waals surface area (Å²) in [6.07, 6.45) is -0.631. The first-order chi connectivity index (χ1) is 6.18. The monoisotopic (exact) mass is 199 g/mol. The molecule has 4 heteroatoms. The Hall–Kier alpha value is -0.770. The molecular weight excluding hydrogens is 190 g/mol. The number of hydrogen-bond acceptors (Lipinski definition) is 3. The average Bonchev–Trinajstić information content (AvgIpc) is 2.12. The van der Waals surface area contributed by atoms with Gasteiger partial charge in [0.1, 0.15) is 18.5 Å². The van der Waals surface area contributed by atoms with Gasteiger partial charge in [0.2, 0.25) is 0 Å². The van der Waals surface area contributed by atoms with Crippen molar-refractivity contribution in [1.82, 2.24) is 0 Å². The predicted octanol–water partition coefficient (Wildman–Crippen LogP) is 1.09. The van der Waals surface area contributed by atoms with Crippen LogP contribution in [0, 0.1) is 0 Å². The Morgan fingerprint density at radius 3 is 3.08 bits per heavy atom. The minimum atomic E-state index is -0.631. The molecule has 2 atom stereocenters. The fourth-order valence-corrected chi connectivity index (χ4v) is 1.56. The maximum absolute atomic E-state index is 9.41. The maximum Gasteiger partial charge on any atom is 0.125 e. The van der Waals surface area contributed by atoms with Crippen molar-refractivity contribution in [3.05, 3.63) is 28.8 Å². The van der Waals surface area contributed by atoms with Gasteiger partial charge in [-0.2, -0.15) is 0 Å². The number of rotatable bonds is 0. The number of halogens is 1. The second kappa shape index (κ2) is 3.18. The largest absolute Gasteiger partial charge is 0.490 e. The molecule has 0 saturated heterocycles. The third-order valence-corrected chi connectivity index (χ3v) is 2.39. The lowest BCUT2D eigenvalue weighted by molar-refractivity contribution is 0.0679. The summed E-state index contributed by atoms with van der Waals surface area (Å²) in [6.45, 7) is 0.231. The van der Waals surface area contributed by atoms with E-state index in [1.165, 1.54) is 0 Å². The smallest absolute Gasteiger partial charge is 0.125 e. The summed E-state index contributed by atoms with van der Waals surface area (Å²) >= 11 is 5.78. The molecule has 1 aromatic carbocycles. The third-order valence-electron chi connectivity index (χ3n) is 2.16. The van der Waals surface area contributed by atoms with Crippen LogP contribution >= 0.6 is 11.6 Å². The van der Waals surface area contributed by atoms with Crippen molar-refractivity contribution in [2.45, 2.75) is 12.1 Å². The first kappa shape index (κ1) is 8.81. The number of aliphatic hydroxyl groups is 1. The molecule has 13 heavy (non-hydrogen) atoms. The van der Waals surface area contributed by atoms with Crippen LogP contribution < -0.4 is 10.5 Å². The first-order valence-corrected chi connectivity index (χ1v) is 4.42. The standard InChI is InChI=1S/C9H10ClNO2/c10-5-1-2-6-8(3-5)13-4-7(12)9(6)11/h1-3,7,9,12H,4,11H2/t7-,9+/m1/s1. The van der Waals surface area contributed by atoms with Crippen LogP contribution in [0.1, 0.15) is 11.6 Å². The Balaban J connectivity index is 2.44. The highest BCUT2D eigenvalue weighted by atomic mass is 35.5. The lowest BCUT2D eigenvalue weighted by Gasteiger charge is -2.27. The van der Waals surface area contributed by atoms with E-state index in [0.717, 1.165) is 5.56 Å². The summed E-state index contributed by atoms with van der Waals surface area (Å²) in [5.41, 5.74) is 6.58. The van der Waals surface area contributed by atoms with Crippen LogP contribution in [-0.2, 0) is 0 Å². The summed E-state index contributed by atoms with van der Waals surface area (Å²) in [5, 5.41) is 10.0. The SMILES string of the molecule is N[C@H]1c2ccc(Cl)cc2OC[C@H]1O. The summed E-state index contributed by atoms with van der Waals surface area (Å²) < 4.78 is 5.27. The van der Waals surface area contributed by atoms with E-state index >= 15 is 0 Å². The van der Waals surface area contributed by atoms with Gasteiger partial charge in [0, 0.05) is 10.6 Å². The van der Waals surface area contributed by atoms with Crippen molar-refractivity contribution in [2.24, 2.45) is 5.73 Å². The van der Waals surface area contributed by atoms with E-state index < -0.39 is 6.10 Å². The Morgan fingerprint density at radius 2 is 2.31 bits per heavy atom. The van der Waals surface area contributed by atoms with Gasteiger partial charge in [-0.25, -0.2) is 0 Å². The van der Waals surface area contributed by atoms with Gasteiger partial charge in [0.15, 0.2) is 0 Å². The van der Waals surface area contributed by atoms with Crippen molar-refractivity contribution < 1.29 is 9.84 Å². The van der Waals surface area contributed by atoms with Gasteiger partial charge >= 0.3 is 0 Å². The summed E-state index contributed by atoms with van der Waals surface area (Å²) in [5.74, 6) is 0.672. The molecule has 70 valence electrons. The van der Waals surface area contributed by atoms with Crippen molar-refractivity contribution >= 4 is 11.6 Å². The maximum atomic E-state index is 9.41. The van der Waals surface area contributed by atoms with Gasteiger partial charge in [0.05, 0.1) is 6.04 Å². The van der Waals surface area contributed by atoms with E-state index in [1.54, 1.807) is 18.2 Å². The zero-order chi connectivity index (χ0) is 9.42. The molecule has 3 nitrogen and oxygen atoms in total. The molecule has 1 heterocycles. The van der Waals surface area contributed by atoms with E-state index in [9.17, 15) is 5.11 Å². The minimum Gasteiger partial charge on any atom is -0.490 e. The number of hydrogen-bond donors (Lipinski definition) is 2. The molecule has 0 amide bonds. The van der Waals surface area contributed by atoms with Gasteiger partial charge in [-0.15, -0.1) is 0 Å². The van der Waals surface area contributed by atoms with E-state index in [2.05, 4.69) is 0 Å². The normalized spacial score (nSPS) is 26.4. The topological polar surface area (TPSA) is 55.5 Å². The van der Waals surface area contributed by atoms with Crippen molar-refractivity contribution in [2.75, 3.05) is 6.61 Å². The molecule has 2 rings (SSSR count). The molecule has 1 aliphatic heterocycles. The predicted molar refractivity (Wildman–Crippen MR) is 49.9 cm³/mol. The molecule has 3 N–H and O–H groups in total. The highest BCUT2D eigenvalue weighted by Crippen LogP contribution is 2.32. The van der Waals surface area contributed by atoms with E-state index in [-0.39, 0.29) is 12.6 Å². The fraction of sp³-hybridized carbons (Fsp3) is 0.333. The van der Waals surface area contributed by atoms with Crippen LogP contribution in [0.4, 0.5) is 0 Å². The Bertz CT molecular complexity index is 329. The van der Waals surface area contributed by atoms with Crippen LogP contribution in [0.5, 0.6) is 5.75 Å². The van der Waals surface area contributed by atoms with Crippen molar-refractivity contribution in [1.29, 1.82) is 0 Å². The molecule has 0 fully saturated rings. The average molecular weight is 200 g/mol. The molecule has 0 radical (unpaired) electrons. The number of aliphatic hydroxyl groups excluding tert-OH is 1. The molecule has 0 aromatic heterocycles. The molecule has 0 saturated carbocycles. The number of nitrogens with two attached hydrogens (primary N) is 1. The Labute approximate surface area is 81.1 Å². The number of fused-ring (bicyclic) bond motifs is 1. The van der Waals surface area contributed by atoms with Crippen LogP contribution in [0.2, 0.25) is 5.02 Å². The van der Waals surface area contributed by atoms with Crippen molar-refractivity contribution in [3.63, 3.8) is 0 Å². The van der Waals surface area contributed by atoms with Gasteiger partial charge in [-0.05, 0) is 12.1 Å². The second-order valence-electron chi connectivity index (χ2n) is 3.09.